The van der Waals surface area contributed by atoms with Crippen molar-refractivity contribution in [3.63, 3.8) is 0 Å². The van der Waals surface area contributed by atoms with Crippen LogP contribution < -0.4 is 10.6 Å². The lowest BCUT2D eigenvalue weighted by Crippen LogP contribution is -2.49. The molecule has 0 radical (unpaired) electrons. The molecule has 0 spiro atoms. The number of amides is 2. The van der Waals surface area contributed by atoms with Crippen LogP contribution in [0.15, 0.2) is 23.2 Å². The predicted molar refractivity (Wildman–Crippen MR) is 109 cm³/mol. The highest BCUT2D eigenvalue weighted by molar-refractivity contribution is 7.80. The minimum absolute atomic E-state index is 0.0613. The van der Waals surface area contributed by atoms with Gasteiger partial charge in [0.1, 0.15) is 30.1 Å². The van der Waals surface area contributed by atoms with Crippen LogP contribution in [0.3, 0.4) is 0 Å². The van der Waals surface area contributed by atoms with Crippen molar-refractivity contribution in [1.82, 2.24) is 10.6 Å². The number of rotatable bonds is 12. The van der Waals surface area contributed by atoms with Crippen molar-refractivity contribution in [3.05, 3.63) is 23.8 Å². The molecule has 11 nitrogen and oxygen atoms in total. The fraction of sp³-hybridized carbons (Fsp3) is 0.389. The number of carboxylic acid groups (broad SMARTS) is 2. The summed E-state index contributed by atoms with van der Waals surface area (Å²) < 4.78 is 0. The average molecular weight is 441 g/mol. The fourth-order valence-electron chi connectivity index (χ4n) is 2.29. The van der Waals surface area contributed by atoms with E-state index in [0.717, 1.165) is 0 Å². The molecule has 0 heterocycles. The van der Waals surface area contributed by atoms with Crippen LogP contribution in [-0.2, 0) is 25.6 Å². The maximum absolute atomic E-state index is 12.0. The number of aromatic hydroxyl groups is 2. The molecule has 2 atom stereocenters. The molecule has 6 N–H and O–H groups in total. The van der Waals surface area contributed by atoms with E-state index >= 15 is 0 Å². The lowest BCUT2D eigenvalue weighted by Gasteiger charge is -2.16. The van der Waals surface area contributed by atoms with Crippen LogP contribution in [0, 0.1) is 0 Å². The van der Waals surface area contributed by atoms with E-state index < -0.39 is 42.4 Å². The quantitative estimate of drug-likeness (QED) is 0.129. The molecule has 12 heteroatoms. The highest BCUT2D eigenvalue weighted by Gasteiger charge is 2.22. The number of nitrogens with zero attached hydrogens (tertiary/aromatic N) is 1. The monoisotopic (exact) mass is 441 g/mol. The molecule has 0 unspecified atom stereocenters. The second kappa shape index (κ2) is 12.3. The van der Waals surface area contributed by atoms with E-state index in [1.54, 1.807) is 0 Å². The van der Waals surface area contributed by atoms with Crippen molar-refractivity contribution in [2.45, 2.75) is 31.3 Å². The van der Waals surface area contributed by atoms with Gasteiger partial charge in [0.05, 0.1) is 0 Å². The van der Waals surface area contributed by atoms with Crippen LogP contribution in [0.4, 0.5) is 0 Å². The average Bonchev–Trinajstić information content (AvgIpc) is 2.68. The minimum Gasteiger partial charge on any atom is -0.508 e. The third-order valence-electron chi connectivity index (χ3n) is 3.84. The van der Waals surface area contributed by atoms with E-state index in [2.05, 4.69) is 28.3 Å². The number of hydrogen-bond acceptors (Lipinski definition) is 8. The Labute approximate surface area is 177 Å². The molecule has 0 fully saturated rings. The summed E-state index contributed by atoms with van der Waals surface area (Å²) in [6.07, 6.45) is 0.935. The summed E-state index contributed by atoms with van der Waals surface area (Å²) in [7, 11) is 0. The molecule has 0 aliphatic rings. The van der Waals surface area contributed by atoms with Gasteiger partial charge in [0.2, 0.25) is 11.8 Å². The topological polar surface area (TPSA) is 186 Å². The van der Waals surface area contributed by atoms with Crippen molar-refractivity contribution in [3.8, 4) is 11.5 Å². The Morgan fingerprint density at radius 2 is 1.87 bits per heavy atom. The van der Waals surface area contributed by atoms with Gasteiger partial charge in [0, 0.05) is 30.4 Å². The molecule has 0 bridgehead atoms. The summed E-state index contributed by atoms with van der Waals surface area (Å²) in [5.41, 5.74) is 0.352. The molecule has 0 aromatic heterocycles. The number of aliphatic imine (C=N–C) groups is 1. The largest absolute Gasteiger partial charge is 0.508 e. The summed E-state index contributed by atoms with van der Waals surface area (Å²) in [4.78, 5) is 49.5. The Hall–Kier alpha value is -3.28. The zero-order valence-corrected chi connectivity index (χ0v) is 16.7. The number of nitrogens with one attached hydrogen (secondary N) is 2. The summed E-state index contributed by atoms with van der Waals surface area (Å²) in [6.45, 7) is -0.608. The number of thiol groups is 1. The number of phenols is 2. The molecule has 2 amide bonds. The summed E-state index contributed by atoms with van der Waals surface area (Å²) >= 11 is 3.93. The number of carbonyl (C=O) groups excluding carboxylic acids is 2. The van der Waals surface area contributed by atoms with Gasteiger partial charge in [-0.1, -0.05) is 0 Å². The Morgan fingerprint density at radius 3 is 2.47 bits per heavy atom. The van der Waals surface area contributed by atoms with E-state index in [4.69, 9.17) is 5.11 Å². The molecule has 164 valence electrons. The number of aliphatic carboxylic acids is 2. The van der Waals surface area contributed by atoms with Gasteiger partial charge in [-0.2, -0.15) is 12.6 Å². The predicted octanol–water partition coefficient (Wildman–Crippen LogP) is -0.440. The van der Waals surface area contributed by atoms with E-state index in [1.165, 1.54) is 24.4 Å². The molecular formula is C18H23N3O8S. The van der Waals surface area contributed by atoms with Crippen molar-refractivity contribution in [2.75, 3.05) is 12.3 Å². The standard InChI is InChI=1S/C18H23N3O8S/c22-11-1-3-14(23)10(7-11)5-6-19-12(18(28)29)2-4-15(24)21-13(9-30)17(27)20-8-16(25)26/h1,3,6-7,12-13,22-23,30H,2,4-5,8-9H2,(H,20,27)(H,21,24)(H,25,26)(H,28,29)/t12-,13-/m0/s1. The fourth-order valence-corrected chi connectivity index (χ4v) is 2.55. The van der Waals surface area contributed by atoms with Crippen LogP contribution in [0.2, 0.25) is 0 Å². The molecule has 0 aliphatic carbocycles. The van der Waals surface area contributed by atoms with Gasteiger partial charge in [-0.05, 0) is 24.6 Å². The van der Waals surface area contributed by atoms with Crippen molar-refractivity contribution in [2.24, 2.45) is 4.99 Å². The van der Waals surface area contributed by atoms with Crippen LogP contribution in [0.5, 0.6) is 11.5 Å². The number of phenolic OH excluding ortho intramolecular Hbond substituents is 2. The van der Waals surface area contributed by atoms with Crippen LogP contribution in [-0.4, -0.2) is 74.8 Å². The molecule has 1 aromatic rings. The maximum Gasteiger partial charge on any atom is 0.328 e. The van der Waals surface area contributed by atoms with Gasteiger partial charge in [-0.25, -0.2) is 4.79 Å². The highest BCUT2D eigenvalue weighted by Crippen LogP contribution is 2.21. The van der Waals surface area contributed by atoms with Gasteiger partial charge in [-0.15, -0.1) is 0 Å². The number of carboxylic acids is 2. The lowest BCUT2D eigenvalue weighted by molar-refractivity contribution is -0.139. The third kappa shape index (κ3) is 8.82. The lowest BCUT2D eigenvalue weighted by atomic mass is 10.1. The van der Waals surface area contributed by atoms with Crippen molar-refractivity contribution >= 4 is 42.6 Å². The van der Waals surface area contributed by atoms with Crippen molar-refractivity contribution < 1.29 is 39.6 Å². The first-order valence-electron chi connectivity index (χ1n) is 8.79. The maximum atomic E-state index is 12.0. The second-order valence-corrected chi connectivity index (χ2v) is 6.52. The molecular weight excluding hydrogens is 418 g/mol. The normalized spacial score (nSPS) is 12.8. The summed E-state index contributed by atoms with van der Waals surface area (Å²) in [5, 5.41) is 41.4. The van der Waals surface area contributed by atoms with Gasteiger partial charge >= 0.3 is 11.9 Å². The van der Waals surface area contributed by atoms with Crippen LogP contribution in [0.1, 0.15) is 18.4 Å². The zero-order chi connectivity index (χ0) is 22.7. The van der Waals surface area contributed by atoms with Crippen LogP contribution in [0.25, 0.3) is 0 Å². The molecule has 1 rings (SSSR count). The molecule has 30 heavy (non-hydrogen) atoms. The minimum atomic E-state index is -1.26. The smallest absolute Gasteiger partial charge is 0.328 e. The summed E-state index contributed by atoms with van der Waals surface area (Å²) in [6, 6.07) is 1.61. The Morgan fingerprint density at radius 1 is 1.17 bits per heavy atom. The third-order valence-corrected chi connectivity index (χ3v) is 4.20. The van der Waals surface area contributed by atoms with E-state index in [-0.39, 0.29) is 36.5 Å². The molecule has 1 aromatic carbocycles. The summed E-state index contributed by atoms with van der Waals surface area (Å²) in [5.74, 6) is -4.06. The van der Waals surface area contributed by atoms with Gasteiger partial charge in [-0.3, -0.25) is 19.4 Å². The first-order chi connectivity index (χ1) is 14.1. The van der Waals surface area contributed by atoms with Gasteiger partial charge < -0.3 is 31.1 Å². The molecule has 0 aliphatic heterocycles. The molecule has 0 saturated heterocycles. The number of hydrogen-bond donors (Lipinski definition) is 7. The van der Waals surface area contributed by atoms with E-state index in [0.29, 0.717) is 5.56 Å². The first-order valence-corrected chi connectivity index (χ1v) is 9.42. The van der Waals surface area contributed by atoms with Crippen LogP contribution >= 0.6 is 12.6 Å². The SMILES string of the molecule is O=C(O)CNC(=O)[C@H](CS)NC(=O)CC[C@H](N=CCc1cc(O)ccc1O)C(=O)O. The first kappa shape index (κ1) is 24.8. The Balaban J connectivity index is 2.59. The van der Waals surface area contributed by atoms with Gasteiger partial charge in [0.15, 0.2) is 0 Å². The zero-order valence-electron chi connectivity index (χ0n) is 15.8. The van der Waals surface area contributed by atoms with E-state index in [1.807, 2.05) is 0 Å². The van der Waals surface area contributed by atoms with Gasteiger partial charge in [0.25, 0.3) is 0 Å². The van der Waals surface area contributed by atoms with E-state index in [9.17, 15) is 34.5 Å². The molecule has 0 saturated carbocycles. The Kier molecular flexibility index (Phi) is 10.2. The second-order valence-electron chi connectivity index (χ2n) is 6.16. The Bertz CT molecular complexity index is 815. The number of benzene rings is 1. The highest BCUT2D eigenvalue weighted by atomic mass is 32.1. The number of carbonyl (C=O) groups is 4. The van der Waals surface area contributed by atoms with Crippen molar-refractivity contribution in [1.29, 1.82) is 0 Å².